The Morgan fingerprint density at radius 2 is 2.18 bits per heavy atom. The molecule has 0 unspecified atom stereocenters. The Hall–Kier alpha value is -0.510. The van der Waals surface area contributed by atoms with Crippen molar-refractivity contribution in [1.82, 2.24) is 0 Å². The molecule has 2 rings (SSSR count). The van der Waals surface area contributed by atoms with Crippen molar-refractivity contribution in [2.75, 3.05) is 13.2 Å². The van der Waals surface area contributed by atoms with Gasteiger partial charge in [0.25, 0.3) is 0 Å². The van der Waals surface area contributed by atoms with E-state index < -0.39 is 4.33 Å². The van der Waals surface area contributed by atoms with Crippen LogP contribution in [0.25, 0.3) is 0 Å². The molecular formula is C12H14Cl2O3. The summed E-state index contributed by atoms with van der Waals surface area (Å²) in [7, 11) is 0. The van der Waals surface area contributed by atoms with Crippen LogP contribution in [0.1, 0.15) is 25.7 Å². The predicted octanol–water partition coefficient (Wildman–Crippen LogP) is 2.51. The fourth-order valence-electron chi connectivity index (χ4n) is 2.18. The Kier molecular flexibility index (Phi) is 3.81. The fraction of sp³-hybridized carbons (Fsp3) is 0.583. The number of alkyl halides is 2. The number of carbonyl (C=O) groups is 1. The summed E-state index contributed by atoms with van der Waals surface area (Å²) in [6.07, 6.45) is 4.43. The molecule has 0 saturated carbocycles. The topological polar surface area (TPSA) is 46.5 Å². The molecular weight excluding hydrogens is 263 g/mol. The van der Waals surface area contributed by atoms with Gasteiger partial charge in [0.05, 0.1) is 5.57 Å². The third-order valence-corrected chi connectivity index (χ3v) is 3.83. The van der Waals surface area contributed by atoms with Crippen LogP contribution in [0, 0.1) is 0 Å². The van der Waals surface area contributed by atoms with Crippen LogP contribution < -0.4 is 0 Å². The van der Waals surface area contributed by atoms with Crippen molar-refractivity contribution in [2.45, 2.75) is 30.0 Å². The molecule has 1 N–H and O–H groups in total. The number of hydrogen-bond donors (Lipinski definition) is 1. The molecule has 0 atom stereocenters. The van der Waals surface area contributed by atoms with E-state index in [1.807, 2.05) is 6.08 Å². The van der Waals surface area contributed by atoms with Crippen molar-refractivity contribution in [1.29, 1.82) is 0 Å². The first-order valence-corrected chi connectivity index (χ1v) is 6.40. The molecule has 0 bridgehead atoms. The second kappa shape index (κ2) is 5.01. The lowest BCUT2D eigenvalue weighted by molar-refractivity contribution is -0.135. The number of aliphatic hydroxyl groups is 1. The summed E-state index contributed by atoms with van der Waals surface area (Å²) >= 11 is 12.5. The molecule has 1 aliphatic carbocycles. The van der Waals surface area contributed by atoms with Crippen molar-refractivity contribution in [3.8, 4) is 0 Å². The zero-order valence-corrected chi connectivity index (χ0v) is 10.9. The van der Waals surface area contributed by atoms with E-state index in [4.69, 9.17) is 33.0 Å². The number of cyclic esters (lactones) is 1. The lowest BCUT2D eigenvalue weighted by atomic mass is 9.88. The Morgan fingerprint density at radius 1 is 1.41 bits per heavy atom. The second-order valence-electron chi connectivity index (χ2n) is 4.25. The van der Waals surface area contributed by atoms with Crippen molar-refractivity contribution in [3.05, 3.63) is 22.8 Å². The largest absolute Gasteiger partial charge is 0.457 e. The minimum Gasteiger partial charge on any atom is -0.457 e. The molecule has 5 heteroatoms. The molecule has 0 amide bonds. The van der Waals surface area contributed by atoms with E-state index in [0.29, 0.717) is 31.4 Å². The first-order valence-electron chi connectivity index (χ1n) is 5.65. The third-order valence-electron chi connectivity index (χ3n) is 3.07. The molecule has 1 fully saturated rings. The number of unbranched alkanes of at least 4 members (excludes halogenated alkanes) is 1. The van der Waals surface area contributed by atoms with Crippen LogP contribution in [0.3, 0.4) is 0 Å². The molecule has 94 valence electrons. The van der Waals surface area contributed by atoms with Crippen molar-refractivity contribution < 1.29 is 14.6 Å². The second-order valence-corrected chi connectivity index (χ2v) is 5.73. The number of halogens is 2. The zero-order chi connectivity index (χ0) is 12.5. The third kappa shape index (κ3) is 2.51. The van der Waals surface area contributed by atoms with E-state index in [1.165, 1.54) is 0 Å². The van der Waals surface area contributed by atoms with Crippen molar-refractivity contribution in [2.24, 2.45) is 0 Å². The van der Waals surface area contributed by atoms with Gasteiger partial charge in [-0.2, -0.15) is 0 Å². The van der Waals surface area contributed by atoms with Gasteiger partial charge in [-0.05, 0) is 24.8 Å². The fourth-order valence-corrected chi connectivity index (χ4v) is 2.71. The minimum absolute atomic E-state index is 0.132. The van der Waals surface area contributed by atoms with E-state index >= 15 is 0 Å². The molecule has 3 nitrogen and oxygen atoms in total. The molecule has 1 saturated heterocycles. The van der Waals surface area contributed by atoms with E-state index in [0.717, 1.165) is 17.6 Å². The van der Waals surface area contributed by atoms with E-state index in [2.05, 4.69) is 0 Å². The standard InChI is InChI=1S/C12H14Cl2O3/c13-12(14)5-4-8-7-17-11(16)10(8)9(12)3-1-2-6-15/h4,15H,1-3,5-7H2. The van der Waals surface area contributed by atoms with Gasteiger partial charge >= 0.3 is 5.97 Å². The van der Waals surface area contributed by atoms with Gasteiger partial charge in [0.2, 0.25) is 0 Å². The highest BCUT2D eigenvalue weighted by Gasteiger charge is 2.40. The normalized spacial score (nSPS) is 22.3. The Morgan fingerprint density at radius 3 is 2.88 bits per heavy atom. The van der Waals surface area contributed by atoms with E-state index in [9.17, 15) is 4.79 Å². The first-order chi connectivity index (χ1) is 8.06. The molecule has 0 aromatic heterocycles. The van der Waals surface area contributed by atoms with Crippen LogP contribution >= 0.6 is 23.2 Å². The van der Waals surface area contributed by atoms with Crippen LogP contribution in [-0.2, 0) is 9.53 Å². The maximum absolute atomic E-state index is 11.7. The molecule has 1 aliphatic heterocycles. The van der Waals surface area contributed by atoms with Gasteiger partial charge in [-0.3, -0.25) is 0 Å². The maximum atomic E-state index is 11.7. The summed E-state index contributed by atoms with van der Waals surface area (Å²) in [5.74, 6) is -0.333. The van der Waals surface area contributed by atoms with Gasteiger partial charge in [0.15, 0.2) is 0 Å². The Labute approximate surface area is 110 Å². The number of aliphatic hydroxyl groups excluding tert-OH is 1. The van der Waals surface area contributed by atoms with Crippen LogP contribution in [0.2, 0.25) is 0 Å². The summed E-state index contributed by atoms with van der Waals surface area (Å²) < 4.78 is 3.98. The highest BCUT2D eigenvalue weighted by atomic mass is 35.5. The van der Waals surface area contributed by atoms with Crippen molar-refractivity contribution in [3.63, 3.8) is 0 Å². The number of ether oxygens (including phenoxy) is 1. The SMILES string of the molecule is O=C1OCC2=CCC(Cl)(Cl)C(CCCCO)=C12. The van der Waals surface area contributed by atoms with Crippen LogP contribution in [0.5, 0.6) is 0 Å². The number of fused-ring (bicyclic) bond motifs is 1. The molecule has 2 aliphatic rings. The molecule has 0 spiro atoms. The average Bonchev–Trinajstić information content (AvgIpc) is 2.64. The summed E-state index contributed by atoms with van der Waals surface area (Å²) in [4.78, 5) is 11.7. The van der Waals surface area contributed by atoms with Crippen LogP contribution in [-0.4, -0.2) is 28.6 Å². The van der Waals surface area contributed by atoms with Gasteiger partial charge in [-0.25, -0.2) is 4.79 Å². The summed E-state index contributed by atoms with van der Waals surface area (Å²) in [6.45, 7) is 0.453. The predicted molar refractivity (Wildman–Crippen MR) is 66.1 cm³/mol. The highest BCUT2D eigenvalue weighted by molar-refractivity contribution is 6.51. The molecule has 1 heterocycles. The summed E-state index contributed by atoms with van der Waals surface area (Å²) in [6, 6.07) is 0. The van der Waals surface area contributed by atoms with Gasteiger partial charge in [0.1, 0.15) is 10.9 Å². The minimum atomic E-state index is -1.02. The lowest BCUT2D eigenvalue weighted by Crippen LogP contribution is -2.23. The molecule has 0 aromatic carbocycles. The van der Waals surface area contributed by atoms with Gasteiger partial charge < -0.3 is 9.84 Å². The quantitative estimate of drug-likeness (QED) is 0.488. The maximum Gasteiger partial charge on any atom is 0.338 e. The van der Waals surface area contributed by atoms with Crippen molar-refractivity contribution >= 4 is 29.2 Å². The summed E-state index contributed by atoms with van der Waals surface area (Å²) in [5, 5.41) is 8.78. The van der Waals surface area contributed by atoms with Crippen LogP contribution in [0.15, 0.2) is 22.8 Å². The Balaban J connectivity index is 2.28. The molecule has 17 heavy (non-hydrogen) atoms. The van der Waals surface area contributed by atoms with Gasteiger partial charge in [0, 0.05) is 18.6 Å². The van der Waals surface area contributed by atoms with Crippen LogP contribution in [0.4, 0.5) is 0 Å². The number of hydrogen-bond acceptors (Lipinski definition) is 3. The van der Waals surface area contributed by atoms with E-state index in [1.54, 1.807) is 0 Å². The smallest absolute Gasteiger partial charge is 0.338 e. The number of esters is 1. The van der Waals surface area contributed by atoms with Gasteiger partial charge in [-0.1, -0.05) is 29.3 Å². The monoisotopic (exact) mass is 276 g/mol. The lowest BCUT2D eigenvalue weighted by Gasteiger charge is -2.27. The zero-order valence-electron chi connectivity index (χ0n) is 9.34. The Bertz CT molecular complexity index is 397. The molecule has 0 aromatic rings. The first kappa shape index (κ1) is 12.9. The number of carbonyl (C=O) groups excluding carboxylic acids is 1. The van der Waals surface area contributed by atoms with Gasteiger partial charge in [-0.15, -0.1) is 0 Å². The molecule has 0 radical (unpaired) electrons. The number of rotatable bonds is 4. The average molecular weight is 277 g/mol. The highest BCUT2D eigenvalue weighted by Crippen LogP contribution is 2.45. The van der Waals surface area contributed by atoms with E-state index in [-0.39, 0.29) is 12.6 Å². The summed E-state index contributed by atoms with van der Waals surface area (Å²) in [5.41, 5.74) is 2.19. The number of allylic oxidation sites excluding steroid dienone is 2.